The largest absolute Gasteiger partial charge is 0.370 e. The highest BCUT2D eigenvalue weighted by atomic mass is 127. The number of anilines is 1. The third-order valence-corrected chi connectivity index (χ3v) is 4.29. The Morgan fingerprint density at radius 3 is 2.78 bits per heavy atom. The molecule has 1 aliphatic rings. The Morgan fingerprint density at radius 1 is 1.33 bits per heavy atom. The van der Waals surface area contributed by atoms with Crippen LogP contribution in [0.15, 0.2) is 24.3 Å². The van der Waals surface area contributed by atoms with E-state index in [1.165, 1.54) is 15.7 Å². The summed E-state index contributed by atoms with van der Waals surface area (Å²) in [6.07, 6.45) is 1.22. The van der Waals surface area contributed by atoms with Crippen LogP contribution >= 0.6 is 22.6 Å². The van der Waals surface area contributed by atoms with Crippen molar-refractivity contribution in [3.63, 3.8) is 0 Å². The van der Waals surface area contributed by atoms with Crippen LogP contribution in [0.2, 0.25) is 0 Å². The fourth-order valence-corrected chi connectivity index (χ4v) is 2.94. The molecule has 18 heavy (non-hydrogen) atoms. The number of nitrogens with zero attached hydrogens (tertiary/aromatic N) is 1. The van der Waals surface area contributed by atoms with Gasteiger partial charge in [0.15, 0.2) is 0 Å². The standard InChI is InChI=1S/C15H23IN2/c1-15(2,3)14-11-18(9-5-8-17-14)13-7-4-6-12(16)10-13/h4,6-7,10,14,17H,5,8-9,11H2,1-3H3. The summed E-state index contributed by atoms with van der Waals surface area (Å²) in [6, 6.07) is 9.37. The van der Waals surface area contributed by atoms with E-state index in [1.807, 2.05) is 0 Å². The highest BCUT2D eigenvalue weighted by Gasteiger charge is 2.28. The molecular formula is C15H23IN2. The molecule has 1 saturated heterocycles. The van der Waals surface area contributed by atoms with E-state index < -0.39 is 0 Å². The van der Waals surface area contributed by atoms with Crippen LogP contribution in [-0.4, -0.2) is 25.7 Å². The molecule has 0 bridgehead atoms. The van der Waals surface area contributed by atoms with Crippen molar-refractivity contribution in [2.24, 2.45) is 5.41 Å². The van der Waals surface area contributed by atoms with Crippen LogP contribution in [-0.2, 0) is 0 Å². The second-order valence-electron chi connectivity index (χ2n) is 6.15. The molecule has 2 nitrogen and oxygen atoms in total. The summed E-state index contributed by atoms with van der Waals surface area (Å²) >= 11 is 2.39. The molecule has 1 N–H and O–H groups in total. The lowest BCUT2D eigenvalue weighted by molar-refractivity contribution is 0.280. The fourth-order valence-electron chi connectivity index (χ4n) is 2.41. The zero-order valence-electron chi connectivity index (χ0n) is 11.5. The average molecular weight is 358 g/mol. The summed E-state index contributed by atoms with van der Waals surface area (Å²) in [7, 11) is 0. The van der Waals surface area contributed by atoms with E-state index >= 15 is 0 Å². The number of rotatable bonds is 1. The highest BCUT2D eigenvalue weighted by Crippen LogP contribution is 2.25. The Kier molecular flexibility index (Phi) is 4.54. The van der Waals surface area contributed by atoms with Crippen molar-refractivity contribution in [2.45, 2.75) is 33.2 Å². The maximum atomic E-state index is 3.69. The van der Waals surface area contributed by atoms with Gasteiger partial charge in [-0.2, -0.15) is 0 Å². The van der Waals surface area contributed by atoms with Gasteiger partial charge in [-0.05, 0) is 59.2 Å². The summed E-state index contributed by atoms with van der Waals surface area (Å²) in [5, 5.41) is 3.69. The highest BCUT2D eigenvalue weighted by molar-refractivity contribution is 14.1. The number of hydrogen-bond acceptors (Lipinski definition) is 2. The second kappa shape index (κ2) is 5.78. The van der Waals surface area contributed by atoms with Gasteiger partial charge in [-0.25, -0.2) is 0 Å². The van der Waals surface area contributed by atoms with Crippen LogP contribution < -0.4 is 10.2 Å². The van der Waals surface area contributed by atoms with Gasteiger partial charge in [-0.3, -0.25) is 0 Å². The van der Waals surface area contributed by atoms with E-state index in [2.05, 4.69) is 77.8 Å². The molecule has 0 saturated carbocycles. The molecule has 1 fully saturated rings. The van der Waals surface area contributed by atoms with Crippen LogP contribution in [0, 0.1) is 8.99 Å². The smallest absolute Gasteiger partial charge is 0.0377 e. The molecule has 0 spiro atoms. The van der Waals surface area contributed by atoms with Crippen molar-refractivity contribution >= 4 is 28.3 Å². The molecule has 0 amide bonds. The van der Waals surface area contributed by atoms with Gasteiger partial charge in [-0.1, -0.05) is 26.8 Å². The molecule has 0 radical (unpaired) electrons. The predicted molar refractivity (Wildman–Crippen MR) is 87.2 cm³/mol. The summed E-state index contributed by atoms with van der Waals surface area (Å²) in [5.41, 5.74) is 1.67. The summed E-state index contributed by atoms with van der Waals surface area (Å²) in [5.74, 6) is 0. The molecule has 0 aliphatic carbocycles. The van der Waals surface area contributed by atoms with Gasteiger partial charge < -0.3 is 10.2 Å². The first-order chi connectivity index (χ1) is 8.47. The summed E-state index contributed by atoms with van der Waals surface area (Å²) < 4.78 is 1.31. The van der Waals surface area contributed by atoms with E-state index in [0.29, 0.717) is 11.5 Å². The van der Waals surface area contributed by atoms with Crippen LogP contribution in [0.1, 0.15) is 27.2 Å². The van der Waals surface area contributed by atoms with Gasteiger partial charge in [0.1, 0.15) is 0 Å². The van der Waals surface area contributed by atoms with Crippen LogP contribution in [0.5, 0.6) is 0 Å². The van der Waals surface area contributed by atoms with Gasteiger partial charge in [0.25, 0.3) is 0 Å². The van der Waals surface area contributed by atoms with E-state index in [-0.39, 0.29) is 0 Å². The third kappa shape index (κ3) is 3.60. The van der Waals surface area contributed by atoms with Crippen molar-refractivity contribution in [1.29, 1.82) is 0 Å². The number of hydrogen-bond donors (Lipinski definition) is 1. The Bertz CT molecular complexity index is 398. The van der Waals surface area contributed by atoms with Crippen LogP contribution in [0.4, 0.5) is 5.69 Å². The normalized spacial score (nSPS) is 21.8. The minimum atomic E-state index is 0.310. The van der Waals surface area contributed by atoms with E-state index in [4.69, 9.17) is 0 Å². The van der Waals surface area contributed by atoms with Gasteiger partial charge in [0.2, 0.25) is 0 Å². The zero-order valence-corrected chi connectivity index (χ0v) is 13.7. The molecule has 3 heteroatoms. The molecule has 1 unspecified atom stereocenters. The minimum Gasteiger partial charge on any atom is -0.370 e. The molecule has 1 atom stereocenters. The molecule has 1 heterocycles. The van der Waals surface area contributed by atoms with Crippen molar-refractivity contribution in [1.82, 2.24) is 5.32 Å². The summed E-state index contributed by atoms with van der Waals surface area (Å²) in [4.78, 5) is 2.53. The lowest BCUT2D eigenvalue weighted by Gasteiger charge is -2.34. The first kappa shape index (κ1) is 14.1. The fraction of sp³-hybridized carbons (Fsp3) is 0.600. The average Bonchev–Trinajstić information content (AvgIpc) is 2.53. The minimum absolute atomic E-state index is 0.310. The molecule has 0 aromatic heterocycles. The predicted octanol–water partition coefficient (Wildman–Crippen LogP) is 3.51. The number of benzene rings is 1. The molecule has 100 valence electrons. The Balaban J connectivity index is 2.17. The van der Waals surface area contributed by atoms with Gasteiger partial charge in [0, 0.05) is 28.4 Å². The van der Waals surface area contributed by atoms with E-state index in [0.717, 1.165) is 19.6 Å². The second-order valence-corrected chi connectivity index (χ2v) is 7.40. The van der Waals surface area contributed by atoms with Gasteiger partial charge >= 0.3 is 0 Å². The van der Waals surface area contributed by atoms with Crippen molar-refractivity contribution in [2.75, 3.05) is 24.5 Å². The number of nitrogens with one attached hydrogen (secondary N) is 1. The maximum Gasteiger partial charge on any atom is 0.0377 e. The third-order valence-electron chi connectivity index (χ3n) is 3.62. The van der Waals surface area contributed by atoms with Crippen LogP contribution in [0.3, 0.4) is 0 Å². The quantitative estimate of drug-likeness (QED) is 0.773. The first-order valence-corrected chi connectivity index (χ1v) is 7.78. The number of halogens is 1. The maximum absolute atomic E-state index is 3.69. The Labute approximate surface area is 124 Å². The van der Waals surface area contributed by atoms with Crippen molar-refractivity contribution in [3.8, 4) is 0 Å². The van der Waals surface area contributed by atoms with Gasteiger partial charge in [-0.15, -0.1) is 0 Å². The molecule has 2 rings (SSSR count). The molecular weight excluding hydrogens is 335 g/mol. The van der Waals surface area contributed by atoms with Crippen molar-refractivity contribution < 1.29 is 0 Å². The lowest BCUT2D eigenvalue weighted by atomic mass is 9.86. The van der Waals surface area contributed by atoms with Crippen LogP contribution in [0.25, 0.3) is 0 Å². The van der Waals surface area contributed by atoms with E-state index in [1.54, 1.807) is 0 Å². The SMILES string of the molecule is CC(C)(C)C1CN(c2cccc(I)c2)CCCN1. The van der Waals surface area contributed by atoms with Crippen molar-refractivity contribution in [3.05, 3.63) is 27.8 Å². The first-order valence-electron chi connectivity index (χ1n) is 6.71. The summed E-state index contributed by atoms with van der Waals surface area (Å²) in [6.45, 7) is 10.3. The monoisotopic (exact) mass is 358 g/mol. The molecule has 1 aliphatic heterocycles. The zero-order chi connectivity index (χ0) is 13.2. The Hall–Kier alpha value is -0.290. The lowest BCUT2D eigenvalue weighted by Crippen LogP contribution is -2.46. The Morgan fingerprint density at radius 2 is 2.11 bits per heavy atom. The van der Waals surface area contributed by atoms with Gasteiger partial charge in [0.05, 0.1) is 0 Å². The topological polar surface area (TPSA) is 15.3 Å². The molecule has 1 aromatic rings. The van der Waals surface area contributed by atoms with E-state index in [9.17, 15) is 0 Å². The molecule has 1 aromatic carbocycles.